The third-order valence-electron chi connectivity index (χ3n) is 2.88. The van der Waals surface area contributed by atoms with Gasteiger partial charge in [0.25, 0.3) is 0 Å². The Kier molecular flexibility index (Phi) is 5.23. The van der Waals surface area contributed by atoms with Crippen LogP contribution in [0.1, 0.15) is 25.5 Å². The average Bonchev–Trinajstić information content (AvgIpc) is 2.96. The minimum Gasteiger partial charge on any atom is -0.376 e. The zero-order valence-corrected chi connectivity index (χ0v) is 11.7. The third-order valence-corrected chi connectivity index (χ3v) is 3.11. The maximum absolute atomic E-state index is 5.50. The van der Waals surface area contributed by atoms with Gasteiger partial charge in [-0.25, -0.2) is 0 Å². The lowest BCUT2D eigenvalue weighted by molar-refractivity contribution is 0.114. The van der Waals surface area contributed by atoms with Gasteiger partial charge < -0.3 is 10.1 Å². The molecule has 6 heteroatoms. The van der Waals surface area contributed by atoms with Crippen molar-refractivity contribution in [3.05, 3.63) is 30.1 Å². The van der Waals surface area contributed by atoms with Crippen molar-refractivity contribution >= 4 is 23.0 Å². The first-order chi connectivity index (χ1) is 9.25. The molecule has 19 heavy (non-hydrogen) atoms. The van der Waals surface area contributed by atoms with Crippen LogP contribution in [0.15, 0.2) is 29.5 Å². The highest BCUT2D eigenvalue weighted by Gasteiger charge is 2.15. The molecule has 1 aromatic rings. The Labute approximate surface area is 118 Å². The number of rotatable bonds is 4. The maximum Gasteiger partial charge on any atom is 0.187 e. The molecule has 1 saturated heterocycles. The molecular formula is C13H18N4OS. The van der Waals surface area contributed by atoms with Crippen molar-refractivity contribution in [2.24, 2.45) is 5.10 Å². The first kappa shape index (κ1) is 13.9. The van der Waals surface area contributed by atoms with Gasteiger partial charge in [-0.2, -0.15) is 5.10 Å². The van der Waals surface area contributed by atoms with Crippen molar-refractivity contribution in [1.29, 1.82) is 0 Å². The van der Waals surface area contributed by atoms with Gasteiger partial charge >= 0.3 is 0 Å². The summed E-state index contributed by atoms with van der Waals surface area (Å²) >= 11 is 5.15. The van der Waals surface area contributed by atoms with Crippen LogP contribution < -0.4 is 10.7 Å². The van der Waals surface area contributed by atoms with E-state index < -0.39 is 0 Å². The molecule has 0 spiro atoms. The van der Waals surface area contributed by atoms with Crippen molar-refractivity contribution in [2.45, 2.75) is 25.9 Å². The molecule has 0 aromatic carbocycles. The van der Waals surface area contributed by atoms with Gasteiger partial charge in [-0.1, -0.05) is 6.07 Å². The molecule has 0 saturated carbocycles. The zero-order chi connectivity index (χ0) is 13.5. The topological polar surface area (TPSA) is 58.5 Å². The predicted molar refractivity (Wildman–Crippen MR) is 79.2 cm³/mol. The molecule has 1 fully saturated rings. The van der Waals surface area contributed by atoms with Crippen LogP contribution in [0.4, 0.5) is 0 Å². The quantitative estimate of drug-likeness (QED) is 0.496. The van der Waals surface area contributed by atoms with Gasteiger partial charge in [-0.15, -0.1) is 0 Å². The van der Waals surface area contributed by atoms with E-state index in [1.165, 1.54) is 0 Å². The lowest BCUT2D eigenvalue weighted by atomic mass is 10.2. The van der Waals surface area contributed by atoms with Crippen LogP contribution in [0, 0.1) is 0 Å². The SMILES string of the molecule is C/C(=N/NC(=S)NC[C@@H]1CCCO1)c1ccccn1. The number of hydrazone groups is 1. The highest BCUT2D eigenvalue weighted by molar-refractivity contribution is 7.80. The first-order valence-corrected chi connectivity index (χ1v) is 6.77. The highest BCUT2D eigenvalue weighted by Crippen LogP contribution is 2.10. The lowest BCUT2D eigenvalue weighted by Gasteiger charge is -2.12. The van der Waals surface area contributed by atoms with Gasteiger partial charge in [-0.3, -0.25) is 10.4 Å². The summed E-state index contributed by atoms with van der Waals surface area (Å²) in [6, 6.07) is 5.71. The Bertz CT molecular complexity index is 443. The molecule has 1 aliphatic heterocycles. The van der Waals surface area contributed by atoms with Crippen LogP contribution in [-0.4, -0.2) is 35.1 Å². The Morgan fingerprint density at radius 2 is 2.47 bits per heavy atom. The maximum atomic E-state index is 5.50. The number of thiocarbonyl (C=S) groups is 1. The lowest BCUT2D eigenvalue weighted by Crippen LogP contribution is -2.37. The van der Waals surface area contributed by atoms with Crippen molar-refractivity contribution in [3.8, 4) is 0 Å². The molecule has 2 N–H and O–H groups in total. The summed E-state index contributed by atoms with van der Waals surface area (Å²) in [5, 5.41) is 7.80. The van der Waals surface area contributed by atoms with E-state index in [4.69, 9.17) is 17.0 Å². The summed E-state index contributed by atoms with van der Waals surface area (Å²) in [5.41, 5.74) is 4.44. The summed E-state index contributed by atoms with van der Waals surface area (Å²) in [7, 11) is 0. The van der Waals surface area contributed by atoms with Crippen molar-refractivity contribution in [1.82, 2.24) is 15.7 Å². The van der Waals surface area contributed by atoms with Crippen LogP contribution in [0.5, 0.6) is 0 Å². The minimum atomic E-state index is 0.264. The summed E-state index contributed by atoms with van der Waals surface area (Å²) in [6.45, 7) is 3.46. The third kappa shape index (κ3) is 4.57. The van der Waals surface area contributed by atoms with E-state index in [0.29, 0.717) is 5.11 Å². The van der Waals surface area contributed by atoms with Crippen molar-refractivity contribution in [2.75, 3.05) is 13.2 Å². The van der Waals surface area contributed by atoms with Gasteiger partial charge in [0.15, 0.2) is 5.11 Å². The number of ether oxygens (including phenoxy) is 1. The predicted octanol–water partition coefficient (Wildman–Crippen LogP) is 1.45. The number of aromatic nitrogens is 1. The number of hydrogen-bond donors (Lipinski definition) is 2. The van der Waals surface area contributed by atoms with E-state index in [0.717, 1.165) is 37.4 Å². The summed E-state index contributed by atoms with van der Waals surface area (Å²) in [6.07, 6.45) is 4.22. The van der Waals surface area contributed by atoms with Crippen molar-refractivity contribution in [3.63, 3.8) is 0 Å². The highest BCUT2D eigenvalue weighted by atomic mass is 32.1. The zero-order valence-electron chi connectivity index (χ0n) is 10.9. The largest absolute Gasteiger partial charge is 0.376 e. The fraction of sp³-hybridized carbons (Fsp3) is 0.462. The molecule has 0 aliphatic carbocycles. The van der Waals surface area contributed by atoms with Crippen molar-refractivity contribution < 1.29 is 4.74 Å². The number of pyridine rings is 1. The fourth-order valence-corrected chi connectivity index (χ4v) is 1.95. The molecule has 1 aromatic heterocycles. The standard InChI is InChI=1S/C13H18N4OS/c1-10(12-6-2-3-7-14-12)16-17-13(19)15-9-11-5-4-8-18-11/h2-3,6-7,11H,4-5,8-9H2,1H3,(H2,15,17,19)/b16-10-/t11-/m0/s1. The van der Waals surface area contributed by atoms with Gasteiger partial charge in [0.2, 0.25) is 0 Å². The number of nitrogens with one attached hydrogen (secondary N) is 2. The molecule has 2 heterocycles. The molecule has 5 nitrogen and oxygen atoms in total. The van der Waals surface area contributed by atoms with E-state index >= 15 is 0 Å². The second-order valence-corrected chi connectivity index (χ2v) is 4.78. The minimum absolute atomic E-state index is 0.264. The second-order valence-electron chi connectivity index (χ2n) is 4.37. The first-order valence-electron chi connectivity index (χ1n) is 6.37. The molecule has 1 atom stereocenters. The Hall–Kier alpha value is -1.53. The molecule has 0 radical (unpaired) electrons. The molecule has 0 amide bonds. The number of hydrogen-bond acceptors (Lipinski definition) is 4. The summed E-state index contributed by atoms with van der Waals surface area (Å²) < 4.78 is 5.50. The smallest absolute Gasteiger partial charge is 0.187 e. The molecule has 2 rings (SSSR count). The van der Waals surface area contributed by atoms with E-state index in [2.05, 4.69) is 20.8 Å². The van der Waals surface area contributed by atoms with Crippen LogP contribution in [-0.2, 0) is 4.74 Å². The van der Waals surface area contributed by atoms with Crippen LogP contribution in [0.2, 0.25) is 0 Å². The molecule has 102 valence electrons. The molecule has 1 aliphatic rings. The molecular weight excluding hydrogens is 260 g/mol. The van der Waals surface area contributed by atoms with Crippen LogP contribution >= 0.6 is 12.2 Å². The van der Waals surface area contributed by atoms with E-state index in [1.54, 1.807) is 6.20 Å². The monoisotopic (exact) mass is 278 g/mol. The summed E-state index contributed by atoms with van der Waals surface area (Å²) in [4.78, 5) is 4.21. The second kappa shape index (κ2) is 7.16. The molecule has 0 unspecified atom stereocenters. The Morgan fingerprint density at radius 3 is 3.16 bits per heavy atom. The number of nitrogens with zero attached hydrogens (tertiary/aromatic N) is 2. The average molecular weight is 278 g/mol. The Balaban J connectivity index is 1.76. The van der Waals surface area contributed by atoms with Crippen LogP contribution in [0.25, 0.3) is 0 Å². The van der Waals surface area contributed by atoms with Gasteiger partial charge in [-0.05, 0) is 44.1 Å². The Morgan fingerprint density at radius 1 is 1.58 bits per heavy atom. The van der Waals surface area contributed by atoms with Gasteiger partial charge in [0.1, 0.15) is 0 Å². The summed E-state index contributed by atoms with van der Waals surface area (Å²) in [5.74, 6) is 0. The van der Waals surface area contributed by atoms with Crippen LogP contribution in [0.3, 0.4) is 0 Å². The van der Waals surface area contributed by atoms with Gasteiger partial charge in [0, 0.05) is 19.3 Å². The normalized spacial score (nSPS) is 19.2. The molecule has 0 bridgehead atoms. The fourth-order valence-electron chi connectivity index (χ4n) is 1.82. The van der Waals surface area contributed by atoms with E-state index in [1.807, 2.05) is 25.1 Å². The van der Waals surface area contributed by atoms with E-state index in [-0.39, 0.29) is 6.10 Å². The van der Waals surface area contributed by atoms with Gasteiger partial charge in [0.05, 0.1) is 17.5 Å². The van der Waals surface area contributed by atoms with E-state index in [9.17, 15) is 0 Å².